The van der Waals surface area contributed by atoms with Gasteiger partial charge in [0.15, 0.2) is 0 Å². The molecule has 0 fully saturated rings. The molecule has 0 aromatic carbocycles. The van der Waals surface area contributed by atoms with Gasteiger partial charge in [-0.05, 0) is 25.3 Å². The summed E-state index contributed by atoms with van der Waals surface area (Å²) in [7, 11) is 0. The van der Waals surface area contributed by atoms with E-state index in [2.05, 4.69) is 21.3 Å². The quantitative estimate of drug-likeness (QED) is 0.836. The van der Waals surface area contributed by atoms with Crippen LogP contribution in [0.15, 0.2) is 50.9 Å². The first-order valence-electron chi connectivity index (χ1n) is 6.36. The minimum Gasteiger partial charge on any atom is -0.419 e. The van der Waals surface area contributed by atoms with Crippen LogP contribution in [0, 0.1) is 11.3 Å². The van der Waals surface area contributed by atoms with Gasteiger partial charge in [-0.1, -0.05) is 30.0 Å². The average Bonchev–Trinajstić information content (AvgIpc) is 2.90. The van der Waals surface area contributed by atoms with Crippen molar-refractivity contribution in [2.45, 2.75) is 19.3 Å². The number of nitrogens with zero attached hydrogens (tertiary/aromatic N) is 4. The number of hydrogen-bond acceptors (Lipinski definition) is 6. The first-order chi connectivity index (χ1) is 10.1. The fourth-order valence-electron chi connectivity index (χ4n) is 1.74. The zero-order valence-corrected chi connectivity index (χ0v) is 12.4. The summed E-state index contributed by atoms with van der Waals surface area (Å²) >= 11 is 1.57. The summed E-state index contributed by atoms with van der Waals surface area (Å²) < 4.78 is 5.61. The second-order valence-corrected chi connectivity index (χ2v) is 5.96. The molecule has 3 rings (SSSR count). The number of nitriles is 1. The molecule has 0 saturated carbocycles. The van der Waals surface area contributed by atoms with Crippen LogP contribution in [0.25, 0.3) is 5.57 Å². The molecule has 1 aromatic heterocycles. The number of fused-ring (bicyclic) bond motifs is 1. The molecule has 0 radical (unpaired) electrons. The van der Waals surface area contributed by atoms with Crippen molar-refractivity contribution in [3.63, 3.8) is 0 Å². The van der Waals surface area contributed by atoms with Gasteiger partial charge < -0.3 is 4.42 Å². The van der Waals surface area contributed by atoms with Crippen LogP contribution in [0.5, 0.6) is 0 Å². The normalized spacial score (nSPS) is 17.3. The molecule has 3 heterocycles. The van der Waals surface area contributed by atoms with Gasteiger partial charge in [0.25, 0.3) is 0 Å². The van der Waals surface area contributed by atoms with E-state index in [-0.39, 0.29) is 0 Å². The fraction of sp³-hybridized carbons (Fsp3) is 0.200. The predicted molar refractivity (Wildman–Crippen MR) is 82.3 cm³/mol. The Morgan fingerprint density at radius 2 is 2.05 bits per heavy atom. The lowest BCUT2D eigenvalue weighted by Crippen LogP contribution is -2.14. The Balaban J connectivity index is 1.94. The Bertz CT molecular complexity index is 772. The van der Waals surface area contributed by atoms with E-state index in [4.69, 9.17) is 9.68 Å². The van der Waals surface area contributed by atoms with Gasteiger partial charge in [-0.2, -0.15) is 5.26 Å². The summed E-state index contributed by atoms with van der Waals surface area (Å²) in [6.45, 7) is 3.48. The molecule has 2 aliphatic rings. The van der Waals surface area contributed by atoms with Crippen LogP contribution >= 0.6 is 11.8 Å². The lowest BCUT2D eigenvalue weighted by atomic mass is 9.96. The third kappa shape index (κ3) is 2.60. The zero-order valence-electron chi connectivity index (χ0n) is 11.6. The summed E-state index contributed by atoms with van der Waals surface area (Å²) in [5, 5.41) is 20.0. The molecule has 104 valence electrons. The third-order valence-corrected chi connectivity index (χ3v) is 3.89. The summed E-state index contributed by atoms with van der Waals surface area (Å²) in [5.74, 6) is 0.671. The molecule has 0 N–H and O–H groups in total. The molecule has 5 nitrogen and oxygen atoms in total. The zero-order chi connectivity index (χ0) is 14.9. The van der Waals surface area contributed by atoms with Crippen molar-refractivity contribution < 1.29 is 4.42 Å². The molecule has 2 aliphatic heterocycles. The van der Waals surface area contributed by atoms with E-state index in [9.17, 15) is 0 Å². The molecule has 0 aliphatic carbocycles. The second kappa shape index (κ2) is 5.19. The fourth-order valence-corrected chi connectivity index (χ4v) is 2.41. The molecular formula is C15H12N4OS. The van der Waals surface area contributed by atoms with E-state index in [0.717, 1.165) is 16.2 Å². The first-order valence-corrected chi connectivity index (χ1v) is 7.24. The number of thioether (sulfide) groups is 1. The number of allylic oxidation sites excluding steroid dienone is 5. The maximum atomic E-state index is 9.11. The molecule has 21 heavy (non-hydrogen) atoms. The maximum absolute atomic E-state index is 9.11. The molecule has 0 spiro atoms. The highest BCUT2D eigenvalue weighted by atomic mass is 32.2. The second-order valence-electron chi connectivity index (χ2n) is 5.07. The van der Waals surface area contributed by atoms with Crippen molar-refractivity contribution in [2.75, 3.05) is 0 Å². The average molecular weight is 296 g/mol. The first kappa shape index (κ1) is 13.6. The van der Waals surface area contributed by atoms with Crippen LogP contribution in [-0.2, 0) is 5.41 Å². The summed E-state index contributed by atoms with van der Waals surface area (Å²) in [4.78, 5) is 4.44. The number of aromatic nitrogens is 2. The van der Waals surface area contributed by atoms with Crippen molar-refractivity contribution in [3.05, 3.63) is 53.3 Å². The number of rotatable bonds is 2. The molecule has 0 bridgehead atoms. The van der Waals surface area contributed by atoms with Gasteiger partial charge in [-0.15, -0.1) is 10.2 Å². The van der Waals surface area contributed by atoms with E-state index >= 15 is 0 Å². The highest BCUT2D eigenvalue weighted by Crippen LogP contribution is 2.28. The molecule has 0 amide bonds. The van der Waals surface area contributed by atoms with Crippen LogP contribution in [0.2, 0.25) is 0 Å². The van der Waals surface area contributed by atoms with Gasteiger partial charge in [0.1, 0.15) is 10.5 Å². The van der Waals surface area contributed by atoms with Gasteiger partial charge in [-0.25, -0.2) is 4.99 Å². The number of hydrogen-bond donors (Lipinski definition) is 0. The minimum atomic E-state index is -0.803. The summed E-state index contributed by atoms with van der Waals surface area (Å²) in [6.07, 6.45) is 9.54. The Morgan fingerprint density at radius 3 is 2.86 bits per heavy atom. The van der Waals surface area contributed by atoms with Crippen molar-refractivity contribution >= 4 is 22.4 Å². The molecule has 0 saturated heterocycles. The van der Waals surface area contributed by atoms with Crippen molar-refractivity contribution in [1.82, 2.24) is 10.2 Å². The Morgan fingerprint density at radius 1 is 1.24 bits per heavy atom. The van der Waals surface area contributed by atoms with Gasteiger partial charge >= 0.3 is 0 Å². The maximum Gasteiger partial charge on any atom is 0.249 e. The van der Waals surface area contributed by atoms with E-state index in [1.807, 2.05) is 29.7 Å². The van der Waals surface area contributed by atoms with Crippen molar-refractivity contribution in [3.8, 4) is 6.07 Å². The van der Waals surface area contributed by atoms with Crippen LogP contribution in [0.4, 0.5) is 0 Å². The molecular weight excluding hydrogens is 284 g/mol. The monoisotopic (exact) mass is 296 g/mol. The number of aliphatic imine (C=N–C) groups is 1. The topological polar surface area (TPSA) is 75.1 Å². The van der Waals surface area contributed by atoms with Gasteiger partial charge in [0.05, 0.1) is 11.6 Å². The standard InChI is InChI=1S/C15H12N4OS/c1-15(2,9-16)14-19-18-12(20-14)11-6-5-10-4-3-7-21-13(10)17-8-11/h3-8H,1-2H3. The largest absolute Gasteiger partial charge is 0.419 e. The van der Waals surface area contributed by atoms with E-state index in [0.29, 0.717) is 11.8 Å². The SMILES string of the molecule is CC(C)(C#N)c1nnc(C2=CN=C3SC=CC=C3C=C2)o1. The van der Waals surface area contributed by atoms with Crippen molar-refractivity contribution in [1.29, 1.82) is 5.26 Å². The van der Waals surface area contributed by atoms with Crippen LogP contribution in [-0.4, -0.2) is 15.2 Å². The van der Waals surface area contributed by atoms with E-state index in [1.165, 1.54) is 0 Å². The highest BCUT2D eigenvalue weighted by molar-refractivity contribution is 8.17. The van der Waals surface area contributed by atoms with Crippen LogP contribution < -0.4 is 0 Å². The Kier molecular flexibility index (Phi) is 3.35. The molecule has 0 unspecified atom stereocenters. The smallest absolute Gasteiger partial charge is 0.249 e. The summed E-state index contributed by atoms with van der Waals surface area (Å²) in [5.41, 5.74) is 0.972. The Hall–Kier alpha value is -2.39. The molecule has 6 heteroatoms. The third-order valence-electron chi connectivity index (χ3n) is 3.03. The van der Waals surface area contributed by atoms with Crippen LogP contribution in [0.1, 0.15) is 25.6 Å². The Labute approximate surface area is 126 Å². The lowest BCUT2D eigenvalue weighted by Gasteiger charge is -2.07. The van der Waals surface area contributed by atoms with Crippen LogP contribution in [0.3, 0.4) is 0 Å². The minimum absolute atomic E-state index is 0.305. The highest BCUT2D eigenvalue weighted by Gasteiger charge is 2.27. The van der Waals surface area contributed by atoms with E-state index < -0.39 is 5.41 Å². The molecule has 1 aromatic rings. The summed E-state index contributed by atoms with van der Waals surface area (Å²) in [6, 6.07) is 2.14. The lowest BCUT2D eigenvalue weighted by molar-refractivity contribution is 0.420. The molecule has 0 atom stereocenters. The van der Waals surface area contributed by atoms with Crippen molar-refractivity contribution in [2.24, 2.45) is 4.99 Å². The predicted octanol–water partition coefficient (Wildman–Crippen LogP) is 3.37. The van der Waals surface area contributed by atoms with Gasteiger partial charge in [0.2, 0.25) is 11.8 Å². The van der Waals surface area contributed by atoms with Gasteiger partial charge in [0, 0.05) is 11.8 Å². The van der Waals surface area contributed by atoms with Gasteiger partial charge in [-0.3, -0.25) is 0 Å². The van der Waals surface area contributed by atoms with E-state index in [1.54, 1.807) is 31.8 Å².